The second-order valence-corrected chi connectivity index (χ2v) is 8.92. The number of hydrogen-bond donors (Lipinski definition) is 1. The first-order valence-electron chi connectivity index (χ1n) is 10.8. The summed E-state index contributed by atoms with van der Waals surface area (Å²) in [4.78, 5) is 64.8. The zero-order chi connectivity index (χ0) is 24.5. The normalized spacial score (nSPS) is 28.3. The molecule has 0 spiro atoms. The lowest BCUT2D eigenvalue weighted by Crippen LogP contribution is -2.40. The van der Waals surface area contributed by atoms with Crippen molar-refractivity contribution < 1.29 is 38.2 Å². The second-order valence-electron chi connectivity index (χ2n) is 8.92. The Kier molecular flexibility index (Phi) is 4.89. The number of imide groups is 3. The minimum absolute atomic E-state index is 0.0434. The molecule has 1 saturated heterocycles. The number of likely N-dealkylation sites (tertiary alicyclic amines) is 1. The summed E-state index contributed by atoms with van der Waals surface area (Å²) in [5.74, 6) is -6.74. The van der Waals surface area contributed by atoms with E-state index < -0.39 is 53.1 Å². The minimum atomic E-state index is -1.07. The van der Waals surface area contributed by atoms with Crippen LogP contribution in [0.1, 0.15) is 31.2 Å². The minimum Gasteiger partial charge on any atom is -0.505 e. The third kappa shape index (κ3) is 2.92. The van der Waals surface area contributed by atoms with Crippen molar-refractivity contribution in [2.45, 2.75) is 25.7 Å². The van der Waals surface area contributed by atoms with E-state index >= 15 is 0 Å². The van der Waals surface area contributed by atoms with Crippen molar-refractivity contribution in [3.63, 3.8) is 0 Å². The van der Waals surface area contributed by atoms with Gasteiger partial charge in [-0.1, -0.05) is 17.7 Å². The van der Waals surface area contributed by atoms with Gasteiger partial charge in [-0.15, -0.1) is 0 Å². The summed E-state index contributed by atoms with van der Waals surface area (Å²) in [5, 5.41) is 9.67. The fourth-order valence-electron chi connectivity index (χ4n) is 5.71. The van der Waals surface area contributed by atoms with Gasteiger partial charge in [-0.25, -0.2) is 9.18 Å². The molecule has 1 heterocycles. The van der Waals surface area contributed by atoms with Gasteiger partial charge < -0.3 is 9.84 Å². The molecule has 0 bridgehead atoms. The number of Topliss-reactive ketones (excluding diaryl/α,β-unsaturated/α-hetero) is 1. The molecule has 1 fully saturated rings. The largest absolute Gasteiger partial charge is 0.505 e. The molecule has 4 aliphatic rings. The third-order valence-electron chi connectivity index (χ3n) is 7.23. The second kappa shape index (κ2) is 7.58. The van der Waals surface area contributed by atoms with E-state index in [4.69, 9.17) is 0 Å². The first-order valence-corrected chi connectivity index (χ1v) is 10.8. The predicted octanol–water partition coefficient (Wildman–Crippen LogP) is 2.73. The average molecular weight is 465 g/mol. The van der Waals surface area contributed by atoms with Crippen LogP contribution >= 0.6 is 0 Å². The Bertz CT molecular complexity index is 1300. The molecule has 34 heavy (non-hydrogen) atoms. The molecule has 1 aliphatic heterocycles. The van der Waals surface area contributed by atoms with E-state index in [9.17, 15) is 33.5 Å². The van der Waals surface area contributed by atoms with Gasteiger partial charge in [-0.05, 0) is 49.5 Å². The molecule has 3 amide bonds. The summed E-state index contributed by atoms with van der Waals surface area (Å²) >= 11 is 0. The highest BCUT2D eigenvalue weighted by atomic mass is 19.1. The Morgan fingerprint density at radius 2 is 1.88 bits per heavy atom. The number of halogens is 1. The van der Waals surface area contributed by atoms with Gasteiger partial charge in [0.25, 0.3) is 0 Å². The van der Waals surface area contributed by atoms with Crippen molar-refractivity contribution in [3.05, 3.63) is 64.0 Å². The van der Waals surface area contributed by atoms with Crippen molar-refractivity contribution in [1.82, 2.24) is 4.90 Å². The number of allylic oxidation sites excluding steroid dienone is 6. The van der Waals surface area contributed by atoms with Crippen molar-refractivity contribution in [3.8, 4) is 5.75 Å². The highest BCUT2D eigenvalue weighted by Crippen LogP contribution is 2.55. The number of methoxy groups -OCH3 is 1. The van der Waals surface area contributed by atoms with Crippen LogP contribution in [0, 0.1) is 23.6 Å². The molecule has 3 aliphatic carbocycles. The van der Waals surface area contributed by atoms with Crippen LogP contribution in [0.3, 0.4) is 0 Å². The predicted molar refractivity (Wildman–Crippen MR) is 114 cm³/mol. The maximum absolute atomic E-state index is 14.3. The quantitative estimate of drug-likeness (QED) is 0.385. The van der Waals surface area contributed by atoms with Gasteiger partial charge in [-0.2, -0.15) is 4.90 Å². The van der Waals surface area contributed by atoms with Crippen molar-refractivity contribution in [2.75, 3.05) is 7.11 Å². The molecule has 0 saturated carbocycles. The van der Waals surface area contributed by atoms with Crippen LogP contribution in [-0.4, -0.2) is 46.6 Å². The van der Waals surface area contributed by atoms with Gasteiger partial charge in [-0.3, -0.25) is 19.2 Å². The van der Waals surface area contributed by atoms with Gasteiger partial charge in [0.1, 0.15) is 0 Å². The molecule has 5 rings (SSSR count). The number of benzene rings is 1. The first-order chi connectivity index (χ1) is 16.1. The number of ether oxygens (including phenoxy) is 1. The van der Waals surface area contributed by atoms with E-state index in [2.05, 4.69) is 4.74 Å². The molecular formula is C25H20FNO7. The van der Waals surface area contributed by atoms with Crippen molar-refractivity contribution >= 4 is 29.5 Å². The van der Waals surface area contributed by atoms with E-state index in [1.54, 1.807) is 6.08 Å². The van der Waals surface area contributed by atoms with Crippen molar-refractivity contribution in [1.29, 1.82) is 0 Å². The Morgan fingerprint density at radius 3 is 2.56 bits per heavy atom. The SMILES string of the molecule is COC(=O)N1C(=O)[C@H]2[C@H](CC=C3[C@H](c4ccc(O)c(F)c4)C4=C(C[C@H]32)C(=O)C=C(C)C4=O)C1=O. The summed E-state index contributed by atoms with van der Waals surface area (Å²) < 4.78 is 18.9. The van der Waals surface area contributed by atoms with E-state index in [1.807, 2.05) is 0 Å². The molecule has 0 radical (unpaired) electrons. The highest BCUT2D eigenvalue weighted by molar-refractivity contribution is 6.24. The molecule has 174 valence electrons. The van der Waals surface area contributed by atoms with Crippen LogP contribution in [0.4, 0.5) is 9.18 Å². The number of aromatic hydroxyl groups is 1. The van der Waals surface area contributed by atoms with Crippen LogP contribution in [0.5, 0.6) is 5.75 Å². The molecule has 0 aromatic heterocycles. The standard InChI is InChI=1S/C25H20FNO7/c1-10-7-18(29)15-9-14-12(4-5-13-20(14)24(32)27(23(13)31)25(33)34-2)19(21(15)22(10)30)11-3-6-17(28)16(26)8-11/h3-4,6-8,13-14,19-20,28H,5,9H2,1-2H3/t13-,14+,19-,20-/m0/s1. The molecule has 1 aromatic rings. The lowest BCUT2D eigenvalue weighted by Gasteiger charge is -2.42. The van der Waals surface area contributed by atoms with E-state index in [-0.39, 0.29) is 41.1 Å². The molecule has 4 atom stereocenters. The number of carbonyl (C=O) groups excluding carboxylic acids is 5. The molecule has 9 heteroatoms. The third-order valence-corrected chi connectivity index (χ3v) is 7.23. The summed E-state index contributed by atoms with van der Waals surface area (Å²) in [7, 11) is 1.07. The van der Waals surface area contributed by atoms with Crippen LogP contribution in [0.2, 0.25) is 0 Å². The van der Waals surface area contributed by atoms with Gasteiger partial charge in [0.15, 0.2) is 23.1 Å². The zero-order valence-electron chi connectivity index (χ0n) is 18.3. The Balaban J connectivity index is 1.68. The number of amides is 3. The van der Waals surface area contributed by atoms with Crippen molar-refractivity contribution in [2.24, 2.45) is 17.8 Å². The zero-order valence-corrected chi connectivity index (χ0v) is 18.3. The first kappa shape index (κ1) is 21.9. The number of phenolic OH excluding ortho intramolecular Hbond substituents is 1. The van der Waals surface area contributed by atoms with E-state index in [1.165, 1.54) is 25.1 Å². The number of nitrogens with zero attached hydrogens (tertiary/aromatic N) is 1. The Labute approximate surface area is 193 Å². The molecule has 8 nitrogen and oxygen atoms in total. The fraction of sp³-hybridized carbons (Fsp3) is 0.320. The number of phenols is 1. The average Bonchev–Trinajstić information content (AvgIpc) is 3.07. The number of fused-ring (bicyclic) bond motifs is 3. The monoisotopic (exact) mass is 465 g/mol. The van der Waals surface area contributed by atoms with E-state index in [0.717, 1.165) is 13.2 Å². The summed E-state index contributed by atoms with van der Waals surface area (Å²) in [6, 6.07) is 3.74. The maximum Gasteiger partial charge on any atom is 0.423 e. The number of ketones is 2. The maximum atomic E-state index is 14.3. The smallest absolute Gasteiger partial charge is 0.423 e. The van der Waals surface area contributed by atoms with Crippen LogP contribution < -0.4 is 0 Å². The van der Waals surface area contributed by atoms with Gasteiger partial charge in [0.05, 0.1) is 18.9 Å². The number of hydrogen-bond acceptors (Lipinski definition) is 7. The van der Waals surface area contributed by atoms with Crippen LogP contribution in [0.25, 0.3) is 0 Å². The summed E-state index contributed by atoms with van der Waals surface area (Å²) in [6.07, 6.45) is 2.11. The van der Waals surface area contributed by atoms with Crippen LogP contribution in [-0.2, 0) is 23.9 Å². The summed E-state index contributed by atoms with van der Waals surface area (Å²) in [5.41, 5.74) is 1.65. The lowest BCUT2D eigenvalue weighted by molar-refractivity contribution is -0.137. The van der Waals surface area contributed by atoms with Gasteiger partial charge in [0, 0.05) is 22.6 Å². The van der Waals surface area contributed by atoms with Gasteiger partial charge in [0.2, 0.25) is 11.8 Å². The van der Waals surface area contributed by atoms with Crippen LogP contribution in [0.15, 0.2) is 52.6 Å². The summed E-state index contributed by atoms with van der Waals surface area (Å²) in [6.45, 7) is 1.53. The number of carbonyl (C=O) groups is 5. The van der Waals surface area contributed by atoms with E-state index in [0.29, 0.717) is 16.0 Å². The molecular weight excluding hydrogens is 445 g/mol. The number of rotatable bonds is 1. The lowest BCUT2D eigenvalue weighted by atomic mass is 9.59. The fourth-order valence-corrected chi connectivity index (χ4v) is 5.71. The Hall–Kier alpha value is -3.88. The molecule has 1 N–H and O–H groups in total. The molecule has 1 aromatic carbocycles. The Morgan fingerprint density at radius 1 is 1.15 bits per heavy atom. The highest BCUT2D eigenvalue weighted by Gasteiger charge is 2.58. The molecule has 0 unspecified atom stereocenters. The van der Waals surface area contributed by atoms with Gasteiger partial charge >= 0.3 is 6.09 Å². The topological polar surface area (TPSA) is 118 Å².